The third kappa shape index (κ3) is 3.96. The van der Waals surface area contributed by atoms with Gasteiger partial charge in [0.1, 0.15) is 29.5 Å². The minimum absolute atomic E-state index is 0.0464. The van der Waals surface area contributed by atoms with Crippen LogP contribution in [0.5, 0.6) is 11.5 Å². The van der Waals surface area contributed by atoms with Crippen LogP contribution in [-0.2, 0) is 16.1 Å². The number of ether oxygens (including phenoxy) is 3. The number of hydrogen-bond donors (Lipinski definition) is 0. The van der Waals surface area contributed by atoms with E-state index in [0.717, 1.165) is 28.2 Å². The number of hydrogen-bond acceptors (Lipinski definition) is 5. The molecule has 6 nitrogen and oxygen atoms in total. The van der Waals surface area contributed by atoms with Crippen LogP contribution < -0.4 is 9.47 Å². The van der Waals surface area contributed by atoms with Crippen LogP contribution in [0.2, 0.25) is 0 Å². The van der Waals surface area contributed by atoms with Crippen molar-refractivity contribution in [2.45, 2.75) is 26.1 Å². The first-order chi connectivity index (χ1) is 15.9. The fourth-order valence-electron chi connectivity index (χ4n) is 3.90. The fourth-order valence-corrected chi connectivity index (χ4v) is 3.90. The van der Waals surface area contributed by atoms with Crippen LogP contribution in [0.3, 0.4) is 0 Å². The van der Waals surface area contributed by atoms with Gasteiger partial charge in [0.25, 0.3) is 0 Å². The molecule has 0 unspecified atom stereocenters. The number of methoxy groups -OCH3 is 1. The number of benzene rings is 2. The predicted molar refractivity (Wildman–Crippen MR) is 126 cm³/mol. The molecule has 6 heteroatoms. The Bertz CT molecular complexity index is 1320. The van der Waals surface area contributed by atoms with E-state index in [1.807, 2.05) is 83.5 Å². The van der Waals surface area contributed by atoms with Gasteiger partial charge in [-0.2, -0.15) is 0 Å². The lowest BCUT2D eigenvalue weighted by Gasteiger charge is -2.18. The standard InChI is InChI=1S/C27H24N2O4/c1-27(2)26(30)24(18-7-11-21(31-3)12-8-18)25(33-27)19-9-13-22(14-10-19)32-17-20-16-29-15-5-4-6-23(29)28-20/h4-16H,17H2,1-3H3. The van der Waals surface area contributed by atoms with Gasteiger partial charge in [0.15, 0.2) is 5.60 Å². The number of carbonyl (C=O) groups excluding carboxylic acids is 1. The molecule has 166 valence electrons. The van der Waals surface area contributed by atoms with Gasteiger partial charge in [0.05, 0.1) is 18.4 Å². The molecule has 0 radical (unpaired) electrons. The summed E-state index contributed by atoms with van der Waals surface area (Å²) in [5.74, 6) is 1.97. The highest BCUT2D eigenvalue weighted by Crippen LogP contribution is 2.41. The number of imidazole rings is 1. The summed E-state index contributed by atoms with van der Waals surface area (Å²) in [6, 6.07) is 20.9. The minimum atomic E-state index is -0.928. The molecule has 0 N–H and O–H groups in total. The number of ketones is 1. The number of pyridine rings is 1. The topological polar surface area (TPSA) is 62.1 Å². The first-order valence-corrected chi connectivity index (χ1v) is 10.7. The molecule has 0 spiro atoms. The maximum absolute atomic E-state index is 13.1. The molecule has 5 rings (SSSR count). The molecule has 33 heavy (non-hydrogen) atoms. The van der Waals surface area contributed by atoms with Crippen LogP contribution in [0.1, 0.15) is 30.7 Å². The Morgan fingerprint density at radius 2 is 1.64 bits per heavy atom. The van der Waals surface area contributed by atoms with Crippen molar-refractivity contribution in [3.05, 3.63) is 95.9 Å². The fraction of sp³-hybridized carbons (Fsp3) is 0.185. The first kappa shape index (κ1) is 20.8. The summed E-state index contributed by atoms with van der Waals surface area (Å²) in [6.45, 7) is 3.94. The zero-order valence-electron chi connectivity index (χ0n) is 18.7. The lowest BCUT2D eigenvalue weighted by Crippen LogP contribution is -2.29. The van der Waals surface area contributed by atoms with Crippen LogP contribution in [0, 0.1) is 0 Å². The van der Waals surface area contributed by atoms with E-state index >= 15 is 0 Å². The summed E-state index contributed by atoms with van der Waals surface area (Å²) in [5, 5.41) is 0. The van der Waals surface area contributed by atoms with Crippen LogP contribution in [0.25, 0.3) is 17.0 Å². The van der Waals surface area contributed by atoms with Crippen LogP contribution in [-0.4, -0.2) is 27.9 Å². The van der Waals surface area contributed by atoms with Crippen molar-refractivity contribution in [3.63, 3.8) is 0 Å². The van der Waals surface area contributed by atoms with Gasteiger partial charge < -0.3 is 18.6 Å². The van der Waals surface area contributed by atoms with E-state index in [4.69, 9.17) is 14.2 Å². The van der Waals surface area contributed by atoms with Gasteiger partial charge in [-0.3, -0.25) is 4.79 Å². The minimum Gasteiger partial charge on any atom is -0.497 e. The second-order valence-electron chi connectivity index (χ2n) is 8.39. The van der Waals surface area contributed by atoms with Crippen molar-refractivity contribution in [2.75, 3.05) is 7.11 Å². The maximum Gasteiger partial charge on any atom is 0.210 e. The monoisotopic (exact) mass is 440 g/mol. The largest absolute Gasteiger partial charge is 0.497 e. The Kier molecular flexibility index (Phi) is 5.13. The molecule has 0 aliphatic carbocycles. The van der Waals surface area contributed by atoms with Crippen LogP contribution in [0.15, 0.2) is 79.1 Å². The van der Waals surface area contributed by atoms with E-state index in [2.05, 4.69) is 4.98 Å². The summed E-state index contributed by atoms with van der Waals surface area (Å²) >= 11 is 0. The van der Waals surface area contributed by atoms with Crippen molar-refractivity contribution in [2.24, 2.45) is 0 Å². The number of rotatable bonds is 6. The molecule has 0 saturated heterocycles. The Morgan fingerprint density at radius 3 is 2.33 bits per heavy atom. The van der Waals surface area contributed by atoms with Gasteiger partial charge in [-0.25, -0.2) is 4.98 Å². The van der Waals surface area contributed by atoms with Crippen molar-refractivity contribution < 1.29 is 19.0 Å². The zero-order valence-corrected chi connectivity index (χ0v) is 18.7. The summed E-state index contributed by atoms with van der Waals surface area (Å²) in [6.07, 6.45) is 3.91. The average molecular weight is 440 g/mol. The molecule has 3 heterocycles. The molecule has 1 aliphatic rings. The van der Waals surface area contributed by atoms with Gasteiger partial charge in [-0.1, -0.05) is 18.2 Å². The quantitative estimate of drug-likeness (QED) is 0.414. The lowest BCUT2D eigenvalue weighted by atomic mass is 9.92. The Hall–Kier alpha value is -4.06. The van der Waals surface area contributed by atoms with Gasteiger partial charge in [0.2, 0.25) is 5.78 Å². The highest BCUT2D eigenvalue weighted by atomic mass is 16.5. The summed E-state index contributed by atoms with van der Waals surface area (Å²) in [7, 11) is 1.62. The molecule has 0 atom stereocenters. The lowest BCUT2D eigenvalue weighted by molar-refractivity contribution is -0.125. The highest BCUT2D eigenvalue weighted by molar-refractivity contribution is 6.32. The second kappa shape index (κ2) is 8.13. The van der Waals surface area contributed by atoms with E-state index in [1.165, 1.54) is 0 Å². The molecule has 0 bridgehead atoms. The molecule has 2 aromatic heterocycles. The van der Waals surface area contributed by atoms with Crippen molar-refractivity contribution in [1.29, 1.82) is 0 Å². The average Bonchev–Trinajstić information content (AvgIpc) is 3.36. The molecule has 0 amide bonds. The number of nitrogens with zero attached hydrogens (tertiary/aromatic N) is 2. The summed E-state index contributed by atoms with van der Waals surface area (Å²) < 4.78 is 19.3. The maximum atomic E-state index is 13.1. The van der Waals surface area contributed by atoms with E-state index in [0.29, 0.717) is 23.7 Å². The molecule has 0 saturated carbocycles. The van der Waals surface area contributed by atoms with E-state index < -0.39 is 5.60 Å². The van der Waals surface area contributed by atoms with Crippen molar-refractivity contribution in [1.82, 2.24) is 9.38 Å². The first-order valence-electron chi connectivity index (χ1n) is 10.7. The molecule has 0 fully saturated rings. The summed E-state index contributed by atoms with van der Waals surface area (Å²) in [5.41, 5.74) is 2.99. The van der Waals surface area contributed by atoms with E-state index in [9.17, 15) is 4.79 Å². The third-order valence-corrected chi connectivity index (χ3v) is 5.65. The highest BCUT2D eigenvalue weighted by Gasteiger charge is 2.42. The number of aromatic nitrogens is 2. The number of carbonyl (C=O) groups is 1. The molecular formula is C27H24N2O4. The molecule has 4 aromatic rings. The summed E-state index contributed by atoms with van der Waals surface area (Å²) in [4.78, 5) is 17.7. The van der Waals surface area contributed by atoms with Crippen LogP contribution >= 0.6 is 0 Å². The zero-order chi connectivity index (χ0) is 23.0. The molecular weight excluding hydrogens is 416 g/mol. The molecule has 2 aromatic carbocycles. The van der Waals surface area contributed by atoms with Gasteiger partial charge in [-0.05, 0) is 67.9 Å². The third-order valence-electron chi connectivity index (χ3n) is 5.65. The van der Waals surface area contributed by atoms with E-state index in [1.54, 1.807) is 21.0 Å². The van der Waals surface area contributed by atoms with Crippen LogP contribution in [0.4, 0.5) is 0 Å². The Balaban J connectivity index is 1.39. The number of fused-ring (bicyclic) bond motifs is 1. The van der Waals surface area contributed by atoms with Crippen molar-refractivity contribution >= 4 is 22.8 Å². The number of Topliss-reactive ketones (excluding diaryl/α,β-unsaturated/α-hetero) is 1. The second-order valence-corrected chi connectivity index (χ2v) is 8.39. The van der Waals surface area contributed by atoms with Gasteiger partial charge >= 0.3 is 0 Å². The van der Waals surface area contributed by atoms with Gasteiger partial charge in [0, 0.05) is 18.0 Å². The Labute approximate surface area is 192 Å². The SMILES string of the molecule is COc1ccc(C2=C(c3ccc(OCc4cn5ccccc5n4)cc3)OC(C)(C)C2=O)cc1. The van der Waals surface area contributed by atoms with Gasteiger partial charge in [-0.15, -0.1) is 0 Å². The normalized spacial score (nSPS) is 15.1. The van der Waals surface area contributed by atoms with Crippen molar-refractivity contribution in [3.8, 4) is 11.5 Å². The Morgan fingerprint density at radius 1 is 0.939 bits per heavy atom. The smallest absolute Gasteiger partial charge is 0.210 e. The molecule has 1 aliphatic heterocycles. The predicted octanol–water partition coefficient (Wildman–Crippen LogP) is 5.17. The van der Waals surface area contributed by atoms with E-state index in [-0.39, 0.29) is 5.78 Å².